The van der Waals surface area contributed by atoms with Crippen molar-refractivity contribution in [1.82, 2.24) is 0 Å². The van der Waals surface area contributed by atoms with E-state index in [1.807, 2.05) is 12.1 Å². The van der Waals surface area contributed by atoms with Gasteiger partial charge in [0.25, 0.3) is 5.91 Å². The molecule has 0 saturated heterocycles. The number of hydrogen-bond acceptors (Lipinski definition) is 6. The maximum Gasteiger partial charge on any atom is 0.291 e. The number of para-hydroxylation sites is 1. The molecule has 7 nitrogen and oxygen atoms in total. The Labute approximate surface area is 168 Å². The number of nitrogens with one attached hydrogen (secondary N) is 1. The fourth-order valence-electron chi connectivity index (χ4n) is 3.04. The first-order valence-electron chi connectivity index (χ1n) is 9.08. The van der Waals surface area contributed by atoms with Gasteiger partial charge in [-0.15, -0.1) is 0 Å². The maximum atomic E-state index is 12.6. The van der Waals surface area contributed by atoms with Gasteiger partial charge in [0.15, 0.2) is 5.76 Å². The van der Waals surface area contributed by atoms with Gasteiger partial charge >= 0.3 is 0 Å². The van der Waals surface area contributed by atoms with Crippen LogP contribution in [0.3, 0.4) is 0 Å². The van der Waals surface area contributed by atoms with Crippen molar-refractivity contribution < 1.29 is 28.9 Å². The Kier molecular flexibility index (Phi) is 6.41. The average molecular weight is 397 g/mol. The van der Waals surface area contributed by atoms with Crippen LogP contribution in [0.25, 0.3) is 0 Å². The fraction of sp³-hybridized carbons (Fsp3) is 0.227. The zero-order valence-corrected chi connectivity index (χ0v) is 16.3. The van der Waals surface area contributed by atoms with Crippen LogP contribution in [0.5, 0.6) is 17.2 Å². The molecule has 0 unspecified atom stereocenters. The van der Waals surface area contributed by atoms with Gasteiger partial charge in [0.05, 0.1) is 19.9 Å². The number of phenols is 1. The van der Waals surface area contributed by atoms with E-state index in [2.05, 4.69) is 5.32 Å². The Morgan fingerprint density at radius 1 is 1.07 bits per heavy atom. The van der Waals surface area contributed by atoms with Gasteiger partial charge in [-0.05, 0) is 48.4 Å². The van der Waals surface area contributed by atoms with Gasteiger partial charge in [0.2, 0.25) is 0 Å². The normalized spacial score (nSPS) is 10.6. The predicted octanol–water partition coefficient (Wildman–Crippen LogP) is 3.38. The van der Waals surface area contributed by atoms with E-state index in [4.69, 9.17) is 13.9 Å². The van der Waals surface area contributed by atoms with Gasteiger partial charge < -0.3 is 29.4 Å². The van der Waals surface area contributed by atoms with Crippen LogP contribution in [0.2, 0.25) is 0 Å². The molecule has 0 aliphatic heterocycles. The van der Waals surface area contributed by atoms with Crippen molar-refractivity contribution in [2.45, 2.75) is 12.8 Å². The fourth-order valence-corrected chi connectivity index (χ4v) is 3.04. The van der Waals surface area contributed by atoms with Gasteiger partial charge in [0.1, 0.15) is 23.0 Å². The number of rotatable bonds is 8. The highest BCUT2D eigenvalue weighted by Crippen LogP contribution is 2.29. The molecule has 3 rings (SSSR count). The largest absolute Gasteiger partial charge is 0.506 e. The number of furan rings is 1. The number of aliphatic hydroxyl groups is 1. The summed E-state index contributed by atoms with van der Waals surface area (Å²) in [6, 6.07) is 13.6. The smallest absolute Gasteiger partial charge is 0.291 e. The Bertz CT molecular complexity index is 995. The summed E-state index contributed by atoms with van der Waals surface area (Å²) in [4.78, 5) is 12.6. The predicted molar refractivity (Wildman–Crippen MR) is 108 cm³/mol. The molecule has 0 aliphatic carbocycles. The number of amides is 1. The summed E-state index contributed by atoms with van der Waals surface area (Å²) in [6.45, 7) is -0.0976. The summed E-state index contributed by atoms with van der Waals surface area (Å²) < 4.78 is 16.3. The van der Waals surface area contributed by atoms with Crippen LogP contribution in [0.1, 0.15) is 27.4 Å². The lowest BCUT2D eigenvalue weighted by molar-refractivity contribution is 0.0994. The summed E-state index contributed by atoms with van der Waals surface area (Å²) in [6.07, 6.45) is 0.725. The first kappa shape index (κ1) is 20.3. The van der Waals surface area contributed by atoms with E-state index in [0.29, 0.717) is 35.7 Å². The van der Waals surface area contributed by atoms with E-state index >= 15 is 0 Å². The second-order valence-corrected chi connectivity index (χ2v) is 6.36. The molecule has 0 spiro atoms. The van der Waals surface area contributed by atoms with Gasteiger partial charge in [-0.2, -0.15) is 0 Å². The SMILES string of the molecule is COc1ccc(OC)c(Cc2ccc(C(=O)Nc3c(O)cccc3CCO)o2)c1. The average Bonchev–Trinajstić information content (AvgIpc) is 3.19. The molecule has 29 heavy (non-hydrogen) atoms. The number of aliphatic hydroxyl groups excluding tert-OH is 1. The molecule has 7 heteroatoms. The van der Waals surface area contributed by atoms with Crippen molar-refractivity contribution in [3.8, 4) is 17.2 Å². The van der Waals surface area contributed by atoms with Crippen LogP contribution >= 0.6 is 0 Å². The van der Waals surface area contributed by atoms with Crippen molar-refractivity contribution in [2.24, 2.45) is 0 Å². The quantitative estimate of drug-likeness (QED) is 0.504. The van der Waals surface area contributed by atoms with E-state index in [1.54, 1.807) is 44.6 Å². The summed E-state index contributed by atoms with van der Waals surface area (Å²) in [5, 5.41) is 21.9. The Hall–Kier alpha value is -3.45. The number of carbonyl (C=O) groups excluding carboxylic acids is 1. The minimum absolute atomic E-state index is 0.0720. The Balaban J connectivity index is 1.78. The highest BCUT2D eigenvalue weighted by Gasteiger charge is 2.17. The first-order chi connectivity index (χ1) is 14.0. The van der Waals surface area contributed by atoms with Crippen LogP contribution < -0.4 is 14.8 Å². The highest BCUT2D eigenvalue weighted by molar-refractivity contribution is 6.03. The molecule has 152 valence electrons. The van der Waals surface area contributed by atoms with Crippen molar-refractivity contribution in [1.29, 1.82) is 0 Å². The molecule has 0 fully saturated rings. The van der Waals surface area contributed by atoms with Gasteiger partial charge in [-0.25, -0.2) is 0 Å². The highest BCUT2D eigenvalue weighted by atomic mass is 16.5. The second-order valence-electron chi connectivity index (χ2n) is 6.36. The topological polar surface area (TPSA) is 101 Å². The van der Waals surface area contributed by atoms with Crippen molar-refractivity contribution >= 4 is 11.6 Å². The number of hydrogen-bond donors (Lipinski definition) is 3. The molecule has 0 aliphatic rings. The second kappa shape index (κ2) is 9.16. The lowest BCUT2D eigenvalue weighted by Crippen LogP contribution is -2.13. The summed E-state index contributed by atoms with van der Waals surface area (Å²) in [5.74, 6) is 1.51. The van der Waals surface area contributed by atoms with Gasteiger partial charge in [-0.3, -0.25) is 4.79 Å². The molecule has 3 N–H and O–H groups in total. The number of benzene rings is 2. The molecular formula is C22H23NO6. The number of methoxy groups -OCH3 is 2. The van der Waals surface area contributed by atoms with E-state index in [9.17, 15) is 15.0 Å². The molecule has 1 aromatic heterocycles. The Morgan fingerprint density at radius 2 is 1.90 bits per heavy atom. The monoisotopic (exact) mass is 397 g/mol. The van der Waals surface area contributed by atoms with Crippen molar-refractivity contribution in [2.75, 3.05) is 26.1 Å². The molecule has 1 amide bonds. The third-order valence-corrected chi connectivity index (χ3v) is 4.49. The van der Waals surface area contributed by atoms with Crippen LogP contribution in [0.4, 0.5) is 5.69 Å². The van der Waals surface area contributed by atoms with Crippen LogP contribution in [-0.2, 0) is 12.8 Å². The third-order valence-electron chi connectivity index (χ3n) is 4.49. The summed E-state index contributed by atoms with van der Waals surface area (Å²) >= 11 is 0. The minimum Gasteiger partial charge on any atom is -0.506 e. The number of anilines is 1. The van der Waals surface area contributed by atoms with Crippen molar-refractivity contribution in [3.05, 3.63) is 71.2 Å². The van der Waals surface area contributed by atoms with Crippen LogP contribution in [0, 0.1) is 0 Å². The van der Waals surface area contributed by atoms with E-state index < -0.39 is 5.91 Å². The minimum atomic E-state index is -0.491. The van der Waals surface area contributed by atoms with Gasteiger partial charge in [0, 0.05) is 18.6 Å². The zero-order valence-electron chi connectivity index (χ0n) is 16.3. The molecule has 0 atom stereocenters. The first-order valence-corrected chi connectivity index (χ1v) is 9.08. The lowest BCUT2D eigenvalue weighted by atomic mass is 10.1. The van der Waals surface area contributed by atoms with E-state index in [-0.39, 0.29) is 23.8 Å². The number of aromatic hydroxyl groups is 1. The van der Waals surface area contributed by atoms with Crippen LogP contribution in [0.15, 0.2) is 52.9 Å². The molecule has 0 saturated carbocycles. The number of carbonyl (C=O) groups is 1. The molecule has 1 heterocycles. The lowest BCUT2D eigenvalue weighted by Gasteiger charge is -2.11. The molecule has 3 aromatic rings. The maximum absolute atomic E-state index is 12.6. The van der Waals surface area contributed by atoms with E-state index in [0.717, 1.165) is 5.56 Å². The number of ether oxygens (including phenoxy) is 2. The standard InChI is InChI=1S/C22H23NO6/c1-27-16-6-8-19(28-2)15(12-16)13-17-7-9-20(29-17)22(26)23-21-14(10-11-24)4-3-5-18(21)25/h3-9,12,24-25H,10-11,13H2,1-2H3,(H,23,26). The molecule has 2 aromatic carbocycles. The van der Waals surface area contributed by atoms with Gasteiger partial charge in [-0.1, -0.05) is 12.1 Å². The zero-order chi connectivity index (χ0) is 20.8. The third kappa shape index (κ3) is 4.70. The van der Waals surface area contributed by atoms with E-state index in [1.165, 1.54) is 6.07 Å². The Morgan fingerprint density at radius 3 is 2.62 bits per heavy atom. The molecule has 0 bridgehead atoms. The summed E-state index contributed by atoms with van der Waals surface area (Å²) in [5.41, 5.74) is 1.76. The van der Waals surface area contributed by atoms with Crippen molar-refractivity contribution in [3.63, 3.8) is 0 Å². The molecular weight excluding hydrogens is 374 g/mol. The molecule has 0 radical (unpaired) electrons. The van der Waals surface area contributed by atoms with Crippen LogP contribution in [-0.4, -0.2) is 36.9 Å². The number of phenolic OH excluding ortho intramolecular Hbond substituents is 1. The summed E-state index contributed by atoms with van der Waals surface area (Å²) in [7, 11) is 3.17.